The summed E-state index contributed by atoms with van der Waals surface area (Å²) in [6.07, 6.45) is 6.79. The van der Waals surface area contributed by atoms with Gasteiger partial charge in [-0.3, -0.25) is 0 Å². The quantitative estimate of drug-likeness (QED) is 0.540. The van der Waals surface area contributed by atoms with Crippen LogP contribution < -0.4 is 0 Å². The Labute approximate surface area is 132 Å². The first kappa shape index (κ1) is 14.6. The molecule has 2 aromatic carbocycles. The van der Waals surface area contributed by atoms with Crippen molar-refractivity contribution in [1.29, 1.82) is 0 Å². The first-order valence-corrected chi connectivity index (χ1v) is 8.00. The molecular weight excluding hydrogens is 266 g/mol. The maximum absolute atomic E-state index is 2.38. The number of fused-ring (bicyclic) bond motifs is 1. The predicted molar refractivity (Wildman–Crippen MR) is 95.2 cm³/mol. The van der Waals surface area contributed by atoms with E-state index in [1.54, 1.807) is 0 Å². The van der Waals surface area contributed by atoms with Crippen molar-refractivity contribution in [3.63, 3.8) is 0 Å². The van der Waals surface area contributed by atoms with Gasteiger partial charge in [0.25, 0.3) is 0 Å². The predicted octanol–water partition coefficient (Wildman–Crippen LogP) is 5.59. The van der Waals surface area contributed by atoms with Gasteiger partial charge >= 0.3 is 0 Å². The van der Waals surface area contributed by atoms with Crippen molar-refractivity contribution in [2.24, 2.45) is 0 Å². The first-order chi connectivity index (χ1) is 10.8. The fourth-order valence-electron chi connectivity index (χ4n) is 2.91. The minimum Gasteiger partial charge on any atom is -0.343 e. The van der Waals surface area contributed by atoms with Crippen molar-refractivity contribution >= 4 is 10.9 Å². The fraction of sp³-hybridized carbons (Fsp3) is 0.238. The summed E-state index contributed by atoms with van der Waals surface area (Å²) in [5, 5.41) is 1.39. The lowest BCUT2D eigenvalue weighted by molar-refractivity contribution is 0.825. The van der Waals surface area contributed by atoms with Crippen molar-refractivity contribution in [2.75, 3.05) is 0 Å². The topological polar surface area (TPSA) is 4.93 Å². The summed E-state index contributed by atoms with van der Waals surface area (Å²) in [7, 11) is 0. The molecule has 1 aromatic heterocycles. The number of nitrogens with zero attached hydrogens (tertiary/aromatic N) is 1. The molecule has 0 aliphatic carbocycles. The van der Waals surface area contributed by atoms with Gasteiger partial charge in [-0.1, -0.05) is 60.2 Å². The molecule has 112 valence electrons. The van der Waals surface area contributed by atoms with Gasteiger partial charge in [0.1, 0.15) is 0 Å². The van der Waals surface area contributed by atoms with Crippen LogP contribution in [0.4, 0.5) is 0 Å². The second-order valence-corrected chi connectivity index (χ2v) is 5.92. The van der Waals surface area contributed by atoms with Gasteiger partial charge in [0, 0.05) is 23.6 Å². The van der Waals surface area contributed by atoms with Gasteiger partial charge in [0.15, 0.2) is 0 Å². The Morgan fingerprint density at radius 2 is 1.73 bits per heavy atom. The standard InChI is InChI=1S/C21H23N/c1-3-17(2)13-14-19-16-22(15-18-9-5-4-6-10-18)21-12-8-7-11-20(19)21/h3-12,16H,13-15H2,1-2H3/b17-3-. The molecule has 0 aliphatic heterocycles. The average molecular weight is 289 g/mol. The average Bonchev–Trinajstić information content (AvgIpc) is 2.92. The highest BCUT2D eigenvalue weighted by Gasteiger charge is 2.08. The lowest BCUT2D eigenvalue weighted by atomic mass is 10.0. The minimum atomic E-state index is 0.934. The summed E-state index contributed by atoms with van der Waals surface area (Å²) in [5.74, 6) is 0. The van der Waals surface area contributed by atoms with E-state index in [-0.39, 0.29) is 0 Å². The first-order valence-electron chi connectivity index (χ1n) is 8.00. The van der Waals surface area contributed by atoms with Crippen LogP contribution in [0.5, 0.6) is 0 Å². The summed E-state index contributed by atoms with van der Waals surface area (Å²) in [6, 6.07) is 19.4. The molecule has 0 amide bonds. The van der Waals surface area contributed by atoms with Gasteiger partial charge in [0.05, 0.1) is 0 Å². The van der Waals surface area contributed by atoms with Gasteiger partial charge < -0.3 is 4.57 Å². The van der Waals surface area contributed by atoms with Gasteiger partial charge in [-0.25, -0.2) is 0 Å². The Morgan fingerprint density at radius 3 is 2.50 bits per heavy atom. The minimum absolute atomic E-state index is 0.934. The number of aromatic nitrogens is 1. The summed E-state index contributed by atoms with van der Waals surface area (Å²) < 4.78 is 2.38. The number of hydrogen-bond donors (Lipinski definition) is 0. The molecule has 0 spiro atoms. The third-order valence-corrected chi connectivity index (χ3v) is 4.35. The molecule has 0 atom stereocenters. The zero-order valence-corrected chi connectivity index (χ0v) is 13.4. The highest BCUT2D eigenvalue weighted by atomic mass is 15.0. The van der Waals surface area contributed by atoms with Crippen molar-refractivity contribution in [1.82, 2.24) is 4.57 Å². The molecule has 0 saturated carbocycles. The third-order valence-electron chi connectivity index (χ3n) is 4.35. The Bertz CT molecular complexity index is 778. The van der Waals surface area contributed by atoms with Crippen LogP contribution in [0.1, 0.15) is 31.4 Å². The van der Waals surface area contributed by atoms with Crippen LogP contribution in [-0.4, -0.2) is 4.57 Å². The molecule has 0 N–H and O–H groups in total. The zero-order chi connectivity index (χ0) is 15.4. The van der Waals surface area contributed by atoms with E-state index in [1.807, 2.05) is 0 Å². The molecule has 22 heavy (non-hydrogen) atoms. The number of para-hydroxylation sites is 1. The highest BCUT2D eigenvalue weighted by Crippen LogP contribution is 2.24. The molecular formula is C21H23N. The Morgan fingerprint density at radius 1 is 1.00 bits per heavy atom. The summed E-state index contributed by atoms with van der Waals surface area (Å²) in [4.78, 5) is 0. The van der Waals surface area contributed by atoms with E-state index in [9.17, 15) is 0 Å². The molecule has 1 nitrogen and oxygen atoms in total. The number of aryl methyl sites for hydroxylation is 1. The fourth-order valence-corrected chi connectivity index (χ4v) is 2.91. The molecule has 0 unspecified atom stereocenters. The van der Waals surface area contributed by atoms with Crippen LogP contribution in [0, 0.1) is 0 Å². The normalized spacial score (nSPS) is 12.0. The maximum atomic E-state index is 2.38. The lowest BCUT2D eigenvalue weighted by Crippen LogP contribution is -1.97. The summed E-state index contributed by atoms with van der Waals surface area (Å²) in [5.41, 5.74) is 5.59. The van der Waals surface area contributed by atoms with E-state index in [4.69, 9.17) is 0 Å². The van der Waals surface area contributed by atoms with Gasteiger partial charge in [0.2, 0.25) is 0 Å². The van der Waals surface area contributed by atoms with Gasteiger partial charge in [-0.15, -0.1) is 0 Å². The van der Waals surface area contributed by atoms with Crippen LogP contribution in [-0.2, 0) is 13.0 Å². The van der Waals surface area contributed by atoms with Crippen molar-refractivity contribution in [3.8, 4) is 0 Å². The monoisotopic (exact) mass is 289 g/mol. The lowest BCUT2D eigenvalue weighted by Gasteiger charge is -2.05. The molecule has 0 bridgehead atoms. The Hall–Kier alpha value is -2.28. The van der Waals surface area contributed by atoms with Crippen molar-refractivity contribution in [2.45, 2.75) is 33.2 Å². The van der Waals surface area contributed by atoms with Gasteiger partial charge in [-0.05, 0) is 43.9 Å². The van der Waals surface area contributed by atoms with Crippen LogP contribution in [0.25, 0.3) is 10.9 Å². The van der Waals surface area contributed by atoms with E-state index in [0.29, 0.717) is 0 Å². The zero-order valence-electron chi connectivity index (χ0n) is 13.4. The number of allylic oxidation sites excluding steroid dienone is 2. The second-order valence-electron chi connectivity index (χ2n) is 5.92. The van der Waals surface area contributed by atoms with E-state index < -0.39 is 0 Å². The van der Waals surface area contributed by atoms with Crippen LogP contribution in [0.2, 0.25) is 0 Å². The Kier molecular flexibility index (Phi) is 4.43. The van der Waals surface area contributed by atoms with Crippen LogP contribution in [0.3, 0.4) is 0 Å². The molecule has 3 rings (SSSR count). The molecule has 0 saturated heterocycles. The van der Waals surface area contributed by atoms with Gasteiger partial charge in [-0.2, -0.15) is 0 Å². The molecule has 0 radical (unpaired) electrons. The van der Waals surface area contributed by atoms with Crippen molar-refractivity contribution < 1.29 is 0 Å². The van der Waals surface area contributed by atoms with E-state index in [1.165, 1.54) is 27.6 Å². The van der Waals surface area contributed by atoms with E-state index >= 15 is 0 Å². The van der Waals surface area contributed by atoms with E-state index in [2.05, 4.69) is 85.3 Å². The number of benzene rings is 2. The Balaban J connectivity index is 1.93. The molecule has 3 aromatic rings. The molecule has 0 aliphatic rings. The summed E-state index contributed by atoms with van der Waals surface area (Å²) >= 11 is 0. The molecule has 1 heterocycles. The second kappa shape index (κ2) is 6.65. The van der Waals surface area contributed by atoms with E-state index in [0.717, 1.165) is 19.4 Å². The SMILES string of the molecule is C/C=C(/C)CCc1cn(Cc2ccccc2)c2ccccc12. The number of rotatable bonds is 5. The summed E-state index contributed by atoms with van der Waals surface area (Å²) in [6.45, 7) is 5.27. The smallest absolute Gasteiger partial charge is 0.0486 e. The molecule has 1 heteroatoms. The van der Waals surface area contributed by atoms with Crippen LogP contribution in [0.15, 0.2) is 72.4 Å². The van der Waals surface area contributed by atoms with Crippen molar-refractivity contribution in [3.05, 3.63) is 83.6 Å². The molecule has 0 fully saturated rings. The third kappa shape index (κ3) is 3.14. The number of hydrogen-bond acceptors (Lipinski definition) is 0. The largest absolute Gasteiger partial charge is 0.343 e. The maximum Gasteiger partial charge on any atom is 0.0486 e. The highest BCUT2D eigenvalue weighted by molar-refractivity contribution is 5.84. The van der Waals surface area contributed by atoms with Crippen LogP contribution >= 0.6 is 0 Å².